The van der Waals surface area contributed by atoms with Crippen molar-refractivity contribution in [2.24, 2.45) is 0 Å². The number of benzene rings is 1. The number of H-pyrrole nitrogens is 1. The van der Waals surface area contributed by atoms with Gasteiger partial charge in [-0.25, -0.2) is 4.39 Å². The average molecular weight is 330 g/mol. The Morgan fingerprint density at radius 1 is 1.26 bits per heavy atom. The molecule has 23 heavy (non-hydrogen) atoms. The van der Waals surface area contributed by atoms with Gasteiger partial charge in [0.15, 0.2) is 5.82 Å². The van der Waals surface area contributed by atoms with Crippen LogP contribution < -0.4 is 5.32 Å². The molecule has 7 heteroatoms. The van der Waals surface area contributed by atoms with Crippen molar-refractivity contribution in [1.82, 2.24) is 15.2 Å². The molecule has 0 radical (unpaired) electrons. The summed E-state index contributed by atoms with van der Waals surface area (Å²) in [6, 6.07) is 9.96. The van der Waals surface area contributed by atoms with Crippen molar-refractivity contribution in [3.05, 3.63) is 52.5 Å². The molecule has 0 unspecified atom stereocenters. The average Bonchev–Trinajstić information content (AvgIpc) is 3.20. The second-order valence-electron chi connectivity index (χ2n) is 5.00. The van der Waals surface area contributed by atoms with Crippen LogP contribution in [0.1, 0.15) is 17.7 Å². The van der Waals surface area contributed by atoms with E-state index >= 15 is 0 Å². The maximum atomic E-state index is 12.9. The van der Waals surface area contributed by atoms with Crippen LogP contribution in [0.15, 0.2) is 41.8 Å². The number of amides is 1. The maximum Gasteiger partial charge on any atom is 0.249 e. The molecule has 2 aromatic heterocycles. The number of rotatable bonds is 6. The Hall–Kier alpha value is -2.54. The second kappa shape index (κ2) is 7.15. The third-order valence-corrected chi connectivity index (χ3v) is 4.20. The number of nitrogens with one attached hydrogen (secondary N) is 2. The summed E-state index contributed by atoms with van der Waals surface area (Å²) in [6.45, 7) is 0. The van der Waals surface area contributed by atoms with Crippen LogP contribution in [-0.4, -0.2) is 21.1 Å². The lowest BCUT2D eigenvalue weighted by molar-refractivity contribution is -0.116. The molecule has 118 valence electrons. The van der Waals surface area contributed by atoms with E-state index < -0.39 is 0 Å². The molecule has 0 aliphatic carbocycles. The molecule has 0 atom stereocenters. The lowest BCUT2D eigenvalue weighted by Gasteiger charge is -2.00. The van der Waals surface area contributed by atoms with Crippen molar-refractivity contribution in [2.75, 3.05) is 5.32 Å². The molecule has 0 saturated carbocycles. The van der Waals surface area contributed by atoms with Gasteiger partial charge in [-0.05, 0) is 48.6 Å². The number of aryl methyl sites for hydroxylation is 1. The second-order valence-corrected chi connectivity index (χ2v) is 6.03. The van der Waals surface area contributed by atoms with Crippen LogP contribution in [-0.2, 0) is 11.2 Å². The van der Waals surface area contributed by atoms with E-state index in [4.69, 9.17) is 0 Å². The van der Waals surface area contributed by atoms with E-state index in [0.29, 0.717) is 17.8 Å². The standard InChI is InChI=1S/C16H15FN4OS/c17-12-8-6-11(7-9-12)15-19-16(21-20-15)18-14(22)5-1-3-13-4-2-10-23-13/h2,4,6-10H,1,3,5H2,(H2,18,19,20,21,22). The van der Waals surface area contributed by atoms with Crippen LogP contribution in [0.25, 0.3) is 11.4 Å². The highest BCUT2D eigenvalue weighted by atomic mass is 32.1. The molecule has 3 rings (SSSR count). The molecule has 0 aliphatic rings. The highest BCUT2D eigenvalue weighted by Crippen LogP contribution is 2.16. The number of carbonyl (C=O) groups is 1. The topological polar surface area (TPSA) is 70.7 Å². The Morgan fingerprint density at radius 2 is 2.09 bits per heavy atom. The number of nitrogens with zero attached hydrogens (tertiary/aromatic N) is 2. The first-order valence-corrected chi connectivity index (χ1v) is 8.09. The Bertz CT molecular complexity index is 768. The van der Waals surface area contributed by atoms with Crippen LogP contribution in [0.4, 0.5) is 10.3 Å². The molecule has 1 aromatic carbocycles. The highest BCUT2D eigenvalue weighted by Gasteiger charge is 2.09. The normalized spacial score (nSPS) is 10.7. The minimum Gasteiger partial charge on any atom is -0.293 e. The van der Waals surface area contributed by atoms with Crippen LogP contribution in [0.3, 0.4) is 0 Å². The van der Waals surface area contributed by atoms with Crippen LogP contribution in [0.5, 0.6) is 0 Å². The first kappa shape index (κ1) is 15.4. The maximum absolute atomic E-state index is 12.9. The Kier molecular flexibility index (Phi) is 4.77. The summed E-state index contributed by atoms with van der Waals surface area (Å²) >= 11 is 1.69. The number of aromatic nitrogens is 3. The first-order valence-electron chi connectivity index (χ1n) is 7.21. The zero-order chi connectivity index (χ0) is 16.1. The third-order valence-electron chi connectivity index (χ3n) is 3.26. The van der Waals surface area contributed by atoms with Gasteiger partial charge in [-0.1, -0.05) is 6.07 Å². The summed E-state index contributed by atoms with van der Waals surface area (Å²) in [5.41, 5.74) is 0.706. The summed E-state index contributed by atoms with van der Waals surface area (Å²) in [7, 11) is 0. The van der Waals surface area contributed by atoms with Crippen LogP contribution in [0.2, 0.25) is 0 Å². The van der Waals surface area contributed by atoms with E-state index in [-0.39, 0.29) is 17.7 Å². The van der Waals surface area contributed by atoms with Gasteiger partial charge in [-0.15, -0.1) is 16.4 Å². The van der Waals surface area contributed by atoms with Crippen molar-refractivity contribution in [3.63, 3.8) is 0 Å². The minimum atomic E-state index is -0.312. The monoisotopic (exact) mass is 330 g/mol. The Labute approximate surface area is 136 Å². The number of aromatic amines is 1. The van der Waals surface area contributed by atoms with Crippen LogP contribution in [0, 0.1) is 5.82 Å². The predicted molar refractivity (Wildman–Crippen MR) is 87.7 cm³/mol. The van der Waals surface area contributed by atoms with Gasteiger partial charge in [0.1, 0.15) is 5.82 Å². The van der Waals surface area contributed by atoms with E-state index in [9.17, 15) is 9.18 Å². The SMILES string of the molecule is O=C(CCCc1cccs1)Nc1n[nH]c(-c2ccc(F)cc2)n1. The zero-order valence-corrected chi connectivity index (χ0v) is 13.1. The largest absolute Gasteiger partial charge is 0.293 e. The number of thiophene rings is 1. The molecular formula is C16H15FN4OS. The molecule has 5 nitrogen and oxygen atoms in total. The van der Waals surface area contributed by atoms with Gasteiger partial charge in [0.05, 0.1) is 0 Å². The van der Waals surface area contributed by atoms with E-state index in [0.717, 1.165) is 12.8 Å². The van der Waals surface area contributed by atoms with E-state index in [1.54, 1.807) is 23.5 Å². The Morgan fingerprint density at radius 3 is 2.83 bits per heavy atom. The van der Waals surface area contributed by atoms with Crippen molar-refractivity contribution in [2.45, 2.75) is 19.3 Å². The lowest BCUT2D eigenvalue weighted by Crippen LogP contribution is -2.12. The summed E-state index contributed by atoms with van der Waals surface area (Å²) in [5.74, 6) is 0.281. The van der Waals surface area contributed by atoms with Gasteiger partial charge in [-0.2, -0.15) is 4.98 Å². The fourth-order valence-corrected chi connectivity index (χ4v) is 2.87. The van der Waals surface area contributed by atoms with Crippen LogP contribution >= 0.6 is 11.3 Å². The smallest absolute Gasteiger partial charge is 0.249 e. The van der Waals surface area contributed by atoms with E-state index in [1.165, 1.54) is 17.0 Å². The van der Waals surface area contributed by atoms with Crippen molar-refractivity contribution in [3.8, 4) is 11.4 Å². The van der Waals surface area contributed by atoms with Gasteiger partial charge in [0.2, 0.25) is 11.9 Å². The lowest BCUT2D eigenvalue weighted by atomic mass is 10.2. The molecule has 2 N–H and O–H groups in total. The summed E-state index contributed by atoms with van der Waals surface area (Å²) in [6.07, 6.45) is 2.08. The number of carbonyl (C=O) groups excluding carboxylic acids is 1. The third kappa shape index (κ3) is 4.23. The van der Waals surface area contributed by atoms with Gasteiger partial charge in [0, 0.05) is 16.9 Å². The molecule has 1 amide bonds. The number of hydrogen-bond donors (Lipinski definition) is 2. The number of hydrogen-bond acceptors (Lipinski definition) is 4. The quantitative estimate of drug-likeness (QED) is 0.725. The van der Waals surface area contributed by atoms with Crippen molar-refractivity contribution >= 4 is 23.2 Å². The molecule has 2 heterocycles. The van der Waals surface area contributed by atoms with Crippen molar-refractivity contribution < 1.29 is 9.18 Å². The predicted octanol–water partition coefficient (Wildman–Crippen LogP) is 3.63. The van der Waals surface area contributed by atoms with Gasteiger partial charge in [-0.3, -0.25) is 15.2 Å². The van der Waals surface area contributed by atoms with Gasteiger partial charge >= 0.3 is 0 Å². The molecule has 3 aromatic rings. The summed E-state index contributed by atoms with van der Waals surface area (Å²) in [4.78, 5) is 17.3. The fraction of sp³-hybridized carbons (Fsp3) is 0.188. The first-order chi connectivity index (χ1) is 11.2. The van der Waals surface area contributed by atoms with E-state index in [2.05, 4.69) is 26.6 Å². The molecule has 0 fully saturated rings. The molecule has 0 spiro atoms. The van der Waals surface area contributed by atoms with Gasteiger partial charge in [0.25, 0.3) is 0 Å². The Balaban J connectivity index is 1.52. The molecule has 0 aliphatic heterocycles. The minimum absolute atomic E-state index is 0.119. The fourth-order valence-electron chi connectivity index (χ4n) is 2.12. The summed E-state index contributed by atoms with van der Waals surface area (Å²) < 4.78 is 12.9. The summed E-state index contributed by atoms with van der Waals surface area (Å²) in [5, 5.41) is 11.4. The van der Waals surface area contributed by atoms with E-state index in [1.807, 2.05) is 11.4 Å². The molecular weight excluding hydrogens is 315 g/mol. The number of anilines is 1. The zero-order valence-electron chi connectivity index (χ0n) is 12.3. The molecule has 0 bridgehead atoms. The van der Waals surface area contributed by atoms with Crippen molar-refractivity contribution in [1.29, 1.82) is 0 Å². The highest BCUT2D eigenvalue weighted by molar-refractivity contribution is 7.09. The van der Waals surface area contributed by atoms with Gasteiger partial charge < -0.3 is 0 Å². The number of halogens is 1. The molecule has 0 saturated heterocycles.